The van der Waals surface area contributed by atoms with Crippen LogP contribution in [-0.4, -0.2) is 26.5 Å². The Bertz CT molecular complexity index is 539. The van der Waals surface area contributed by atoms with Crippen molar-refractivity contribution in [1.82, 2.24) is 14.0 Å². The lowest BCUT2D eigenvalue weighted by atomic mass is 10.3. The van der Waals surface area contributed by atoms with Crippen LogP contribution in [0.3, 0.4) is 0 Å². The Labute approximate surface area is 100 Å². The molecule has 2 rings (SSSR count). The van der Waals surface area contributed by atoms with E-state index in [0.29, 0.717) is 12.3 Å². The number of carbonyl (C=O) groups excluding carboxylic acids is 1. The molecule has 0 atom stereocenters. The van der Waals surface area contributed by atoms with Crippen LogP contribution in [0.25, 0.3) is 5.78 Å². The molecule has 0 aliphatic carbocycles. The van der Waals surface area contributed by atoms with Gasteiger partial charge in [-0.25, -0.2) is 9.78 Å². The summed E-state index contributed by atoms with van der Waals surface area (Å²) in [6.07, 6.45) is 5.74. The van der Waals surface area contributed by atoms with E-state index >= 15 is 0 Å². The number of hydrogen-bond acceptors (Lipinski definition) is 3. The van der Waals surface area contributed by atoms with Gasteiger partial charge in [-0.15, -0.1) is 0 Å². The van der Waals surface area contributed by atoms with Crippen molar-refractivity contribution in [3.63, 3.8) is 0 Å². The number of aryl methyl sites for hydroxylation is 2. The molecule has 0 saturated heterocycles. The van der Waals surface area contributed by atoms with Gasteiger partial charge in [-0.3, -0.25) is 4.40 Å². The van der Waals surface area contributed by atoms with E-state index in [1.54, 1.807) is 17.7 Å². The predicted molar refractivity (Wildman–Crippen MR) is 64.1 cm³/mol. The van der Waals surface area contributed by atoms with Crippen molar-refractivity contribution in [2.75, 3.05) is 6.61 Å². The molecule has 5 nitrogen and oxygen atoms in total. The van der Waals surface area contributed by atoms with E-state index in [4.69, 9.17) is 4.74 Å². The maximum Gasteiger partial charge on any atom is 0.356 e. The average Bonchev–Trinajstić information content (AvgIpc) is 2.80. The summed E-state index contributed by atoms with van der Waals surface area (Å²) in [4.78, 5) is 16.1. The van der Waals surface area contributed by atoms with Crippen molar-refractivity contribution in [2.24, 2.45) is 7.05 Å². The largest absolute Gasteiger partial charge is 0.461 e. The third kappa shape index (κ3) is 2.05. The molecule has 0 aliphatic heterocycles. The fraction of sp³-hybridized carbons (Fsp3) is 0.500. The maximum atomic E-state index is 11.7. The Hall–Kier alpha value is -1.78. The molecular formula is C12H17N3O2. The van der Waals surface area contributed by atoms with E-state index in [1.165, 1.54) is 0 Å². The summed E-state index contributed by atoms with van der Waals surface area (Å²) < 4.78 is 8.62. The Morgan fingerprint density at radius 1 is 1.41 bits per heavy atom. The second-order valence-corrected chi connectivity index (χ2v) is 3.98. The van der Waals surface area contributed by atoms with Crippen molar-refractivity contribution in [3.05, 3.63) is 23.8 Å². The first-order chi connectivity index (χ1) is 8.17. The first-order valence-electron chi connectivity index (χ1n) is 5.87. The fourth-order valence-corrected chi connectivity index (χ4v) is 1.87. The first-order valence-corrected chi connectivity index (χ1v) is 5.87. The van der Waals surface area contributed by atoms with Gasteiger partial charge in [0.25, 0.3) is 0 Å². The van der Waals surface area contributed by atoms with E-state index in [0.717, 1.165) is 24.3 Å². The molecule has 0 saturated carbocycles. The molecular weight excluding hydrogens is 218 g/mol. The highest BCUT2D eigenvalue weighted by atomic mass is 16.5. The average molecular weight is 235 g/mol. The molecule has 0 aromatic carbocycles. The first kappa shape index (κ1) is 11.7. The number of rotatable bonds is 4. The Morgan fingerprint density at radius 2 is 2.18 bits per heavy atom. The van der Waals surface area contributed by atoms with E-state index in [9.17, 15) is 4.79 Å². The number of ether oxygens (including phenoxy) is 1. The van der Waals surface area contributed by atoms with Gasteiger partial charge in [0.05, 0.1) is 12.3 Å². The van der Waals surface area contributed by atoms with Gasteiger partial charge in [0.2, 0.25) is 5.78 Å². The monoisotopic (exact) mass is 235 g/mol. The van der Waals surface area contributed by atoms with Crippen molar-refractivity contribution in [1.29, 1.82) is 0 Å². The standard InChI is InChI=1S/C12H17N3O2/c1-4-6-9-7-15-8-10(11(16)17-5-2)14(3)12(15)13-9/h7-8H,4-6H2,1-3H3. The zero-order valence-electron chi connectivity index (χ0n) is 10.4. The van der Waals surface area contributed by atoms with E-state index in [1.807, 2.05) is 17.6 Å². The van der Waals surface area contributed by atoms with Gasteiger partial charge in [-0.1, -0.05) is 13.3 Å². The summed E-state index contributed by atoms with van der Waals surface area (Å²) in [6, 6.07) is 0. The van der Waals surface area contributed by atoms with Crippen LogP contribution < -0.4 is 0 Å². The number of aromatic nitrogens is 3. The summed E-state index contributed by atoms with van der Waals surface area (Å²) in [5, 5.41) is 0. The SMILES string of the molecule is CCCc1cn2cc(C(=O)OCC)n(C)c2n1. The minimum atomic E-state index is -0.308. The number of hydrogen-bond donors (Lipinski definition) is 0. The molecule has 0 radical (unpaired) electrons. The summed E-state index contributed by atoms with van der Waals surface area (Å²) in [6.45, 7) is 4.30. The van der Waals surface area contributed by atoms with Crippen LogP contribution in [0.5, 0.6) is 0 Å². The number of esters is 1. The van der Waals surface area contributed by atoms with Crippen molar-refractivity contribution in [2.45, 2.75) is 26.7 Å². The second-order valence-electron chi connectivity index (χ2n) is 3.98. The summed E-state index contributed by atoms with van der Waals surface area (Å²) in [5.41, 5.74) is 1.57. The Balaban J connectivity index is 2.38. The number of carbonyl (C=O) groups is 1. The number of nitrogens with zero attached hydrogens (tertiary/aromatic N) is 3. The van der Waals surface area contributed by atoms with Crippen molar-refractivity contribution in [3.8, 4) is 0 Å². The lowest BCUT2D eigenvalue weighted by Crippen LogP contribution is -2.09. The maximum absolute atomic E-state index is 11.7. The molecule has 2 aromatic rings. The summed E-state index contributed by atoms with van der Waals surface area (Å²) >= 11 is 0. The quantitative estimate of drug-likeness (QED) is 0.759. The molecule has 2 heterocycles. The number of fused-ring (bicyclic) bond motifs is 1. The second kappa shape index (κ2) is 4.61. The lowest BCUT2D eigenvalue weighted by molar-refractivity contribution is 0.0515. The molecule has 0 aliphatic rings. The zero-order chi connectivity index (χ0) is 12.4. The minimum Gasteiger partial charge on any atom is -0.461 e. The van der Waals surface area contributed by atoms with Crippen LogP contribution in [0.2, 0.25) is 0 Å². The predicted octanol–water partition coefficient (Wildman–Crippen LogP) is 1.80. The van der Waals surface area contributed by atoms with E-state index in [2.05, 4.69) is 11.9 Å². The van der Waals surface area contributed by atoms with Crippen molar-refractivity contribution >= 4 is 11.7 Å². The van der Waals surface area contributed by atoms with Gasteiger partial charge in [0.15, 0.2) is 0 Å². The van der Waals surface area contributed by atoms with Crippen LogP contribution in [0.4, 0.5) is 0 Å². The highest BCUT2D eigenvalue weighted by Crippen LogP contribution is 2.12. The van der Waals surface area contributed by atoms with Gasteiger partial charge in [-0.05, 0) is 13.3 Å². The highest BCUT2D eigenvalue weighted by Gasteiger charge is 2.16. The highest BCUT2D eigenvalue weighted by molar-refractivity contribution is 5.88. The van der Waals surface area contributed by atoms with Crippen LogP contribution in [-0.2, 0) is 18.2 Å². The normalized spacial score (nSPS) is 11.0. The van der Waals surface area contributed by atoms with Gasteiger partial charge in [-0.2, -0.15) is 0 Å². The van der Waals surface area contributed by atoms with Crippen LogP contribution in [0, 0.1) is 0 Å². The van der Waals surface area contributed by atoms with Gasteiger partial charge >= 0.3 is 5.97 Å². The Morgan fingerprint density at radius 3 is 2.76 bits per heavy atom. The molecule has 17 heavy (non-hydrogen) atoms. The van der Waals surface area contributed by atoms with Crippen LogP contribution in [0.1, 0.15) is 36.5 Å². The summed E-state index contributed by atoms with van der Waals surface area (Å²) in [7, 11) is 1.82. The molecule has 2 aromatic heterocycles. The lowest BCUT2D eigenvalue weighted by Gasteiger charge is -2.01. The molecule has 0 spiro atoms. The third-order valence-electron chi connectivity index (χ3n) is 2.68. The van der Waals surface area contributed by atoms with E-state index < -0.39 is 0 Å². The van der Waals surface area contributed by atoms with Gasteiger partial charge < -0.3 is 9.30 Å². The zero-order valence-corrected chi connectivity index (χ0v) is 10.4. The molecule has 92 valence electrons. The van der Waals surface area contributed by atoms with Gasteiger partial charge in [0, 0.05) is 19.4 Å². The molecule has 0 bridgehead atoms. The van der Waals surface area contributed by atoms with Gasteiger partial charge in [0.1, 0.15) is 5.69 Å². The number of imidazole rings is 2. The van der Waals surface area contributed by atoms with Crippen molar-refractivity contribution < 1.29 is 9.53 Å². The topological polar surface area (TPSA) is 48.5 Å². The third-order valence-corrected chi connectivity index (χ3v) is 2.68. The fourth-order valence-electron chi connectivity index (χ4n) is 1.87. The summed E-state index contributed by atoms with van der Waals surface area (Å²) in [5.74, 6) is 0.467. The smallest absolute Gasteiger partial charge is 0.356 e. The van der Waals surface area contributed by atoms with Crippen LogP contribution >= 0.6 is 0 Å². The molecule has 5 heteroatoms. The molecule has 0 N–H and O–H groups in total. The van der Waals surface area contributed by atoms with E-state index in [-0.39, 0.29) is 5.97 Å². The minimum absolute atomic E-state index is 0.308. The Kier molecular flexibility index (Phi) is 3.17. The molecule has 0 unspecified atom stereocenters. The van der Waals surface area contributed by atoms with Crippen LogP contribution in [0.15, 0.2) is 12.4 Å². The molecule has 0 amide bonds. The molecule has 0 fully saturated rings.